The van der Waals surface area contributed by atoms with Gasteiger partial charge in [0.15, 0.2) is 0 Å². The molecule has 0 aromatic heterocycles. The van der Waals surface area contributed by atoms with Gasteiger partial charge in [0.25, 0.3) is 0 Å². The first-order valence-corrected chi connectivity index (χ1v) is 8.59. The highest BCUT2D eigenvalue weighted by atomic mass is 79.9. The highest BCUT2D eigenvalue weighted by Crippen LogP contribution is 2.35. The average Bonchev–Trinajstić information content (AvgIpc) is 3.25. The molecule has 2 fully saturated rings. The molecule has 2 aliphatic rings. The van der Waals surface area contributed by atoms with Gasteiger partial charge in [0, 0.05) is 34.1 Å². The first-order valence-electron chi connectivity index (χ1n) is 7.42. The van der Waals surface area contributed by atoms with Gasteiger partial charge >= 0.3 is 0 Å². The van der Waals surface area contributed by atoms with Gasteiger partial charge in [0.2, 0.25) is 0 Å². The molecule has 1 saturated heterocycles. The Morgan fingerprint density at radius 3 is 2.90 bits per heavy atom. The summed E-state index contributed by atoms with van der Waals surface area (Å²) in [5.74, 6) is 0. The fourth-order valence-electron chi connectivity index (χ4n) is 2.97. The van der Waals surface area contributed by atoms with E-state index in [1.807, 2.05) is 6.07 Å². The predicted molar refractivity (Wildman–Crippen MR) is 86.4 cm³/mol. The Morgan fingerprint density at radius 2 is 2.25 bits per heavy atom. The van der Waals surface area contributed by atoms with Crippen LogP contribution >= 0.6 is 27.5 Å². The third kappa shape index (κ3) is 3.76. The molecule has 1 N–H and O–H groups in total. The Balaban J connectivity index is 1.73. The number of hydrogen-bond acceptors (Lipinski definition) is 2. The second kappa shape index (κ2) is 6.35. The van der Waals surface area contributed by atoms with Gasteiger partial charge in [-0.1, -0.05) is 33.6 Å². The van der Waals surface area contributed by atoms with Crippen LogP contribution in [0.1, 0.15) is 31.2 Å². The van der Waals surface area contributed by atoms with Crippen LogP contribution in [0.4, 0.5) is 0 Å². The zero-order valence-corrected chi connectivity index (χ0v) is 14.0. The lowest BCUT2D eigenvalue weighted by Gasteiger charge is -2.38. The van der Waals surface area contributed by atoms with Crippen LogP contribution in [0.5, 0.6) is 0 Å². The predicted octanol–water partition coefficient (Wildman–Crippen LogP) is 4.19. The minimum Gasteiger partial charge on any atom is -0.381 e. The van der Waals surface area contributed by atoms with Gasteiger partial charge in [0.1, 0.15) is 0 Å². The molecule has 3 rings (SSSR count). The third-order valence-corrected chi connectivity index (χ3v) is 5.17. The van der Waals surface area contributed by atoms with Crippen molar-refractivity contribution in [2.24, 2.45) is 5.41 Å². The number of benzene rings is 1. The van der Waals surface area contributed by atoms with Crippen LogP contribution in [-0.4, -0.2) is 25.8 Å². The molecule has 0 bridgehead atoms. The van der Waals surface area contributed by atoms with Crippen LogP contribution < -0.4 is 5.32 Å². The van der Waals surface area contributed by atoms with E-state index in [9.17, 15) is 0 Å². The van der Waals surface area contributed by atoms with Crippen molar-refractivity contribution < 1.29 is 4.74 Å². The summed E-state index contributed by atoms with van der Waals surface area (Å²) < 4.78 is 6.82. The van der Waals surface area contributed by atoms with Crippen molar-refractivity contribution in [2.45, 2.75) is 38.1 Å². The summed E-state index contributed by atoms with van der Waals surface area (Å²) in [7, 11) is 0. The Hall–Kier alpha value is -0.0900. The molecule has 1 aromatic carbocycles. The molecule has 0 spiro atoms. The van der Waals surface area contributed by atoms with Crippen LogP contribution in [0.2, 0.25) is 5.02 Å². The molecule has 1 atom stereocenters. The van der Waals surface area contributed by atoms with Gasteiger partial charge in [-0.25, -0.2) is 0 Å². The van der Waals surface area contributed by atoms with Crippen molar-refractivity contribution in [3.05, 3.63) is 33.3 Å². The highest BCUT2D eigenvalue weighted by Gasteiger charge is 2.35. The van der Waals surface area contributed by atoms with Crippen LogP contribution in [0.3, 0.4) is 0 Å². The van der Waals surface area contributed by atoms with Gasteiger partial charge in [0.05, 0.1) is 6.61 Å². The molecule has 1 saturated carbocycles. The van der Waals surface area contributed by atoms with E-state index in [1.54, 1.807) is 0 Å². The minimum atomic E-state index is 0.207. The first-order chi connectivity index (χ1) is 9.67. The Labute approximate surface area is 134 Å². The molecule has 110 valence electrons. The standard InChI is InChI=1S/C16H21BrClNO/c17-13-3-2-12(15(18)8-13)9-16(6-1-7-20-11-16)10-19-14-4-5-14/h2-3,8,14,19H,1,4-7,9-11H2. The minimum absolute atomic E-state index is 0.207. The molecule has 0 amide bonds. The molecule has 1 heterocycles. The quantitative estimate of drug-likeness (QED) is 0.852. The number of nitrogens with one attached hydrogen (secondary N) is 1. The SMILES string of the molecule is Clc1cc(Br)ccc1CC1(CNC2CC2)CCCOC1. The summed E-state index contributed by atoms with van der Waals surface area (Å²) in [6, 6.07) is 6.95. The maximum atomic E-state index is 6.39. The summed E-state index contributed by atoms with van der Waals surface area (Å²) in [4.78, 5) is 0. The molecular weight excluding hydrogens is 338 g/mol. The monoisotopic (exact) mass is 357 g/mol. The highest BCUT2D eigenvalue weighted by molar-refractivity contribution is 9.10. The van der Waals surface area contributed by atoms with Gasteiger partial charge in [-0.15, -0.1) is 0 Å². The van der Waals surface area contributed by atoms with Crippen LogP contribution in [0.15, 0.2) is 22.7 Å². The zero-order chi connectivity index (χ0) is 14.0. The van der Waals surface area contributed by atoms with Gasteiger partial charge in [-0.2, -0.15) is 0 Å². The maximum Gasteiger partial charge on any atom is 0.0537 e. The van der Waals surface area contributed by atoms with E-state index in [4.69, 9.17) is 16.3 Å². The smallest absolute Gasteiger partial charge is 0.0537 e. The van der Waals surface area contributed by atoms with Crippen LogP contribution in [0.25, 0.3) is 0 Å². The van der Waals surface area contributed by atoms with E-state index in [0.29, 0.717) is 0 Å². The molecule has 0 radical (unpaired) electrons. The Kier molecular flexibility index (Phi) is 4.71. The van der Waals surface area contributed by atoms with Crippen LogP contribution in [-0.2, 0) is 11.2 Å². The number of hydrogen-bond donors (Lipinski definition) is 1. The van der Waals surface area contributed by atoms with E-state index in [0.717, 1.165) is 48.1 Å². The average molecular weight is 359 g/mol. The van der Waals surface area contributed by atoms with Crippen molar-refractivity contribution >= 4 is 27.5 Å². The Bertz CT molecular complexity index is 470. The molecule has 2 nitrogen and oxygen atoms in total. The maximum absolute atomic E-state index is 6.39. The summed E-state index contributed by atoms with van der Waals surface area (Å²) >= 11 is 9.87. The van der Waals surface area contributed by atoms with Crippen LogP contribution in [0, 0.1) is 5.41 Å². The molecule has 4 heteroatoms. The van der Waals surface area contributed by atoms with Crippen molar-refractivity contribution in [2.75, 3.05) is 19.8 Å². The number of ether oxygens (including phenoxy) is 1. The van der Waals surface area contributed by atoms with Gasteiger partial charge in [-0.05, 0) is 49.8 Å². The summed E-state index contributed by atoms with van der Waals surface area (Å²) in [5, 5.41) is 4.54. The van der Waals surface area contributed by atoms with Crippen molar-refractivity contribution in [3.63, 3.8) is 0 Å². The second-order valence-corrected chi connectivity index (χ2v) is 7.55. The molecule has 1 unspecified atom stereocenters. The summed E-state index contributed by atoms with van der Waals surface area (Å²) in [5.41, 5.74) is 1.44. The van der Waals surface area contributed by atoms with Gasteiger partial charge in [-0.3, -0.25) is 0 Å². The molecule has 20 heavy (non-hydrogen) atoms. The third-order valence-electron chi connectivity index (χ3n) is 4.33. The van der Waals surface area contributed by atoms with E-state index >= 15 is 0 Å². The number of rotatable bonds is 5. The normalized spacial score (nSPS) is 26.7. The van der Waals surface area contributed by atoms with Crippen molar-refractivity contribution in [1.82, 2.24) is 5.32 Å². The summed E-state index contributed by atoms with van der Waals surface area (Å²) in [6.45, 7) is 2.79. The lowest BCUT2D eigenvalue weighted by molar-refractivity contribution is -0.00733. The van der Waals surface area contributed by atoms with E-state index in [2.05, 4.69) is 33.4 Å². The Morgan fingerprint density at radius 1 is 1.40 bits per heavy atom. The fraction of sp³-hybridized carbons (Fsp3) is 0.625. The molecular formula is C16H21BrClNO. The summed E-state index contributed by atoms with van der Waals surface area (Å²) in [6.07, 6.45) is 6.03. The zero-order valence-electron chi connectivity index (χ0n) is 11.6. The molecule has 1 aliphatic carbocycles. The van der Waals surface area contributed by atoms with Crippen molar-refractivity contribution in [1.29, 1.82) is 0 Å². The molecule has 1 aliphatic heterocycles. The van der Waals surface area contributed by atoms with E-state index in [1.165, 1.54) is 24.8 Å². The molecule has 1 aromatic rings. The van der Waals surface area contributed by atoms with E-state index < -0.39 is 0 Å². The first kappa shape index (κ1) is 14.8. The topological polar surface area (TPSA) is 21.3 Å². The fourth-order valence-corrected chi connectivity index (χ4v) is 3.71. The largest absolute Gasteiger partial charge is 0.381 e. The lowest BCUT2D eigenvalue weighted by Crippen LogP contribution is -2.43. The lowest BCUT2D eigenvalue weighted by atomic mass is 9.77. The number of halogens is 2. The van der Waals surface area contributed by atoms with Gasteiger partial charge < -0.3 is 10.1 Å². The second-order valence-electron chi connectivity index (χ2n) is 6.22. The van der Waals surface area contributed by atoms with Crippen molar-refractivity contribution in [3.8, 4) is 0 Å². The van der Waals surface area contributed by atoms with E-state index in [-0.39, 0.29) is 5.41 Å².